The predicted octanol–water partition coefficient (Wildman–Crippen LogP) is 1.98. The minimum absolute atomic E-state index is 0.207. The third kappa shape index (κ3) is 2.14. The van der Waals surface area contributed by atoms with E-state index in [1.807, 2.05) is 24.3 Å². The summed E-state index contributed by atoms with van der Waals surface area (Å²) >= 11 is 3.24. The number of aromatic nitrogens is 2. The van der Waals surface area contributed by atoms with Crippen LogP contribution in [0.4, 0.5) is 5.95 Å². The van der Waals surface area contributed by atoms with Crippen molar-refractivity contribution in [2.45, 2.75) is 6.61 Å². The van der Waals surface area contributed by atoms with E-state index in [9.17, 15) is 10.1 Å². The third-order valence-corrected chi connectivity index (χ3v) is 3.18. The number of benzene rings is 1. The van der Waals surface area contributed by atoms with Gasteiger partial charge in [0.25, 0.3) is 0 Å². The van der Waals surface area contributed by atoms with Crippen LogP contribution in [0, 0.1) is 10.1 Å². The van der Waals surface area contributed by atoms with Crippen LogP contribution in [-0.4, -0.2) is 19.6 Å². The molecule has 0 spiro atoms. The molecular weight excluding hydrogens is 302 g/mol. The Bertz CT molecular complexity index is 592. The fourth-order valence-electron chi connectivity index (χ4n) is 1.71. The largest absolute Gasteiger partial charge is 0.442 e. The summed E-state index contributed by atoms with van der Waals surface area (Å²) in [5.41, 5.74) is 2.37. The average Bonchev–Trinajstić information content (AvgIpc) is 2.65. The average molecular weight is 313 g/mol. The number of imidazole rings is 1. The molecule has 2 N–H and O–H groups in total. The molecule has 6 nitrogen and oxygen atoms in total. The second-order valence-electron chi connectivity index (χ2n) is 3.74. The number of nitro groups is 1. The van der Waals surface area contributed by atoms with E-state index in [0.29, 0.717) is 10.3 Å². The molecule has 0 atom stereocenters. The van der Waals surface area contributed by atoms with E-state index in [4.69, 9.17) is 5.11 Å². The normalized spacial score (nSPS) is 10.6. The Kier molecular flexibility index (Phi) is 3.44. The number of hydrogen-bond donors (Lipinski definition) is 0. The van der Waals surface area contributed by atoms with Crippen molar-refractivity contribution < 1.29 is 10.0 Å². The van der Waals surface area contributed by atoms with Crippen LogP contribution < -0.4 is 0 Å². The number of hydrogen-bond acceptors (Lipinski definition) is 3. The lowest BCUT2D eigenvalue weighted by Crippen LogP contribution is -1.99. The fourth-order valence-corrected chi connectivity index (χ4v) is 2.36. The fraction of sp³-hybridized carbons (Fsp3) is 0.182. The van der Waals surface area contributed by atoms with E-state index < -0.39 is 4.92 Å². The first-order valence-corrected chi connectivity index (χ1v) is 5.94. The van der Waals surface area contributed by atoms with Gasteiger partial charge in [-0.25, -0.2) is 4.57 Å². The second-order valence-corrected chi connectivity index (χ2v) is 4.49. The smallest absolute Gasteiger partial charge is 0.436 e. The molecule has 0 saturated carbocycles. The molecule has 0 saturated heterocycles. The van der Waals surface area contributed by atoms with Crippen LogP contribution in [0.5, 0.6) is 0 Å². The Labute approximate surface area is 111 Å². The van der Waals surface area contributed by atoms with Gasteiger partial charge in [-0.1, -0.05) is 29.2 Å². The van der Waals surface area contributed by atoms with E-state index >= 15 is 0 Å². The van der Waals surface area contributed by atoms with Crippen LogP contribution in [0.3, 0.4) is 0 Å². The van der Waals surface area contributed by atoms with Crippen molar-refractivity contribution in [3.63, 3.8) is 0 Å². The lowest BCUT2D eigenvalue weighted by molar-refractivity contribution is -0.396. The zero-order chi connectivity index (χ0) is 13.3. The van der Waals surface area contributed by atoms with Crippen molar-refractivity contribution >= 4 is 21.9 Å². The van der Waals surface area contributed by atoms with Gasteiger partial charge in [-0.15, -0.1) is 0 Å². The molecule has 0 amide bonds. The Morgan fingerprint density at radius 3 is 2.50 bits per heavy atom. The highest BCUT2D eigenvalue weighted by Crippen LogP contribution is 2.31. The summed E-state index contributed by atoms with van der Waals surface area (Å²) < 4.78 is 1.87. The van der Waals surface area contributed by atoms with Gasteiger partial charge in [0.15, 0.2) is 12.3 Å². The Morgan fingerprint density at radius 2 is 2.06 bits per heavy atom. The molecule has 0 radical (unpaired) electrons. The molecule has 0 aliphatic heterocycles. The molecule has 0 aliphatic carbocycles. The lowest BCUT2D eigenvalue weighted by atomic mass is 10.1. The maximum atomic E-state index is 10.8. The van der Waals surface area contributed by atoms with Crippen LogP contribution >= 0.6 is 15.9 Å². The SMILES string of the molecule is Cn1c([N+](=O)[O-])nc(Br)c1-c1ccc(C[OH2+])cc1. The molecule has 7 heteroatoms. The summed E-state index contributed by atoms with van der Waals surface area (Å²) in [4.78, 5) is 14.1. The van der Waals surface area contributed by atoms with Gasteiger partial charge in [0, 0.05) is 11.1 Å². The van der Waals surface area contributed by atoms with Crippen molar-refractivity contribution in [1.29, 1.82) is 0 Å². The molecule has 1 aromatic heterocycles. The van der Waals surface area contributed by atoms with Crippen molar-refractivity contribution in [2.24, 2.45) is 7.05 Å². The topological polar surface area (TPSA) is 83.9 Å². The minimum Gasteiger partial charge on any atom is -0.442 e. The first kappa shape index (κ1) is 12.7. The van der Waals surface area contributed by atoms with Gasteiger partial charge in [0.2, 0.25) is 4.60 Å². The van der Waals surface area contributed by atoms with Gasteiger partial charge in [-0.05, 0) is 20.9 Å². The van der Waals surface area contributed by atoms with E-state index in [1.54, 1.807) is 7.05 Å². The number of rotatable bonds is 3. The number of halogens is 1. The second kappa shape index (κ2) is 4.87. The molecule has 18 heavy (non-hydrogen) atoms. The monoisotopic (exact) mass is 312 g/mol. The molecule has 0 aliphatic rings. The molecular formula is C11H11BrN3O3+. The van der Waals surface area contributed by atoms with Crippen LogP contribution in [0.15, 0.2) is 28.9 Å². The van der Waals surface area contributed by atoms with Gasteiger partial charge in [-0.3, -0.25) is 0 Å². The van der Waals surface area contributed by atoms with Crippen LogP contribution in [0.1, 0.15) is 5.56 Å². The predicted molar refractivity (Wildman–Crippen MR) is 70.3 cm³/mol. The maximum absolute atomic E-state index is 10.8. The van der Waals surface area contributed by atoms with E-state index in [1.165, 1.54) is 4.57 Å². The van der Waals surface area contributed by atoms with Crippen LogP contribution in [0.2, 0.25) is 0 Å². The molecule has 1 aromatic carbocycles. The van der Waals surface area contributed by atoms with Crippen molar-refractivity contribution in [3.8, 4) is 11.3 Å². The van der Waals surface area contributed by atoms with E-state index in [2.05, 4.69) is 20.9 Å². The summed E-state index contributed by atoms with van der Waals surface area (Å²) in [5.74, 6) is -0.207. The summed E-state index contributed by atoms with van der Waals surface area (Å²) in [7, 11) is 1.60. The minimum atomic E-state index is -0.521. The summed E-state index contributed by atoms with van der Waals surface area (Å²) in [6.07, 6.45) is 0. The zero-order valence-corrected chi connectivity index (χ0v) is 11.1. The molecule has 94 valence electrons. The number of nitrogens with zero attached hydrogens (tertiary/aromatic N) is 3. The zero-order valence-electron chi connectivity index (χ0n) is 9.55. The van der Waals surface area contributed by atoms with Gasteiger partial charge >= 0.3 is 5.95 Å². The molecule has 2 aromatic rings. The Balaban J connectivity index is 2.53. The van der Waals surface area contributed by atoms with Crippen molar-refractivity contribution in [2.75, 3.05) is 0 Å². The molecule has 1 heterocycles. The van der Waals surface area contributed by atoms with Crippen LogP contribution in [-0.2, 0) is 13.7 Å². The van der Waals surface area contributed by atoms with Crippen molar-refractivity contribution in [3.05, 3.63) is 44.5 Å². The first-order valence-electron chi connectivity index (χ1n) is 5.15. The van der Waals surface area contributed by atoms with Crippen molar-refractivity contribution in [1.82, 2.24) is 9.55 Å². The highest BCUT2D eigenvalue weighted by Gasteiger charge is 2.24. The summed E-state index contributed by atoms with van der Waals surface area (Å²) in [6, 6.07) is 7.31. The lowest BCUT2D eigenvalue weighted by Gasteiger charge is -2.01. The standard InChI is InChI=1S/C11H10BrN3O3/c1-14-9(10(12)13-11(14)15(17)18)8-4-2-7(6-16)3-5-8/h2-5,16H,6H2,1H3/p+1. The summed E-state index contributed by atoms with van der Waals surface area (Å²) in [5, 5.41) is 18.0. The molecule has 2 rings (SSSR count). The summed E-state index contributed by atoms with van der Waals surface area (Å²) in [6.45, 7) is 0.215. The first-order chi connectivity index (χ1) is 8.54. The van der Waals surface area contributed by atoms with E-state index in [-0.39, 0.29) is 12.6 Å². The van der Waals surface area contributed by atoms with Crippen LogP contribution in [0.25, 0.3) is 11.3 Å². The van der Waals surface area contributed by atoms with Gasteiger partial charge < -0.3 is 15.2 Å². The highest BCUT2D eigenvalue weighted by atomic mass is 79.9. The van der Waals surface area contributed by atoms with Gasteiger partial charge in [-0.2, -0.15) is 0 Å². The van der Waals surface area contributed by atoms with Gasteiger partial charge in [0.1, 0.15) is 0 Å². The quantitative estimate of drug-likeness (QED) is 0.493. The Morgan fingerprint density at radius 1 is 1.44 bits per heavy atom. The molecule has 0 fully saturated rings. The highest BCUT2D eigenvalue weighted by molar-refractivity contribution is 9.10. The maximum Gasteiger partial charge on any atom is 0.436 e. The molecule has 0 bridgehead atoms. The Hall–Kier alpha value is -1.73. The van der Waals surface area contributed by atoms with Gasteiger partial charge in [0.05, 0.1) is 7.05 Å². The molecule has 0 unspecified atom stereocenters. The van der Waals surface area contributed by atoms with E-state index in [0.717, 1.165) is 11.1 Å². The third-order valence-electron chi connectivity index (χ3n) is 2.62.